The van der Waals surface area contributed by atoms with Crippen LogP contribution >= 0.6 is 50.9 Å². The number of hydrogen-bond acceptors (Lipinski definition) is 7. The van der Waals surface area contributed by atoms with Gasteiger partial charge in [0.2, 0.25) is 0 Å². The summed E-state index contributed by atoms with van der Waals surface area (Å²) in [6, 6.07) is 17.0. The minimum Gasteiger partial charge on any atom is -0.493 e. The lowest BCUT2D eigenvalue weighted by Gasteiger charge is -2.14. The van der Waals surface area contributed by atoms with Gasteiger partial charge in [0, 0.05) is 5.02 Å². The molecule has 1 fully saturated rings. The molecule has 3 aromatic rings. The van der Waals surface area contributed by atoms with Crippen molar-refractivity contribution in [3.05, 3.63) is 85.7 Å². The number of imide groups is 1. The second-order valence-corrected chi connectivity index (χ2v) is 10.7. The molecular weight excluding hydrogens is 631 g/mol. The first-order valence-corrected chi connectivity index (χ1v) is 13.8. The highest BCUT2D eigenvalue weighted by Crippen LogP contribution is 2.39. The topological polar surface area (TPSA) is 94.2 Å². The maximum atomic E-state index is 12.9. The van der Waals surface area contributed by atoms with Crippen molar-refractivity contribution in [3.63, 3.8) is 0 Å². The Morgan fingerprint density at radius 1 is 1.08 bits per heavy atom. The monoisotopic (exact) mass is 650 g/mol. The maximum absolute atomic E-state index is 12.9. The second-order valence-electron chi connectivity index (χ2n) is 7.99. The quantitative estimate of drug-likeness (QED) is 0.238. The Labute approximate surface area is 247 Å². The zero-order valence-corrected chi connectivity index (χ0v) is 24.3. The number of para-hydroxylation sites is 1. The van der Waals surface area contributed by atoms with Crippen LogP contribution in [-0.4, -0.2) is 48.8 Å². The van der Waals surface area contributed by atoms with E-state index >= 15 is 0 Å². The Bertz CT molecular complexity index is 1430. The maximum Gasteiger partial charge on any atom is 0.293 e. The summed E-state index contributed by atoms with van der Waals surface area (Å²) in [4.78, 5) is 39.1. The molecule has 1 aliphatic heterocycles. The van der Waals surface area contributed by atoms with Gasteiger partial charge in [-0.25, -0.2) is 0 Å². The summed E-state index contributed by atoms with van der Waals surface area (Å²) >= 11 is 16.2. The van der Waals surface area contributed by atoms with Crippen LogP contribution in [0.5, 0.6) is 17.2 Å². The van der Waals surface area contributed by atoms with Crippen molar-refractivity contribution in [1.82, 2.24) is 4.90 Å². The van der Waals surface area contributed by atoms with Gasteiger partial charge in [0.15, 0.2) is 18.1 Å². The summed E-state index contributed by atoms with van der Waals surface area (Å²) in [6.07, 6.45) is 1.59. The Morgan fingerprint density at radius 3 is 2.54 bits per heavy atom. The van der Waals surface area contributed by atoms with Gasteiger partial charge in [0.25, 0.3) is 17.1 Å². The average Bonchev–Trinajstić information content (AvgIpc) is 3.17. The van der Waals surface area contributed by atoms with E-state index in [-0.39, 0.29) is 29.9 Å². The summed E-state index contributed by atoms with van der Waals surface area (Å²) in [6.45, 7) is -0.0559. The second kappa shape index (κ2) is 13.3. The number of halogens is 3. The van der Waals surface area contributed by atoms with E-state index in [0.717, 1.165) is 16.7 Å². The zero-order valence-electron chi connectivity index (χ0n) is 20.4. The van der Waals surface area contributed by atoms with Crippen LogP contribution in [0.15, 0.2) is 70.0 Å². The third kappa shape index (κ3) is 7.48. The Kier molecular flexibility index (Phi) is 9.79. The fourth-order valence-corrected chi connectivity index (χ4v) is 5.23. The van der Waals surface area contributed by atoms with E-state index in [0.29, 0.717) is 43.0 Å². The summed E-state index contributed by atoms with van der Waals surface area (Å²) < 4.78 is 17.2. The van der Waals surface area contributed by atoms with E-state index in [9.17, 15) is 14.4 Å². The number of hydrogen-bond donors (Lipinski definition) is 1. The highest BCUT2D eigenvalue weighted by molar-refractivity contribution is 9.10. The first-order valence-electron chi connectivity index (χ1n) is 11.4. The predicted molar refractivity (Wildman–Crippen MR) is 156 cm³/mol. The number of thioether (sulfide) groups is 1. The van der Waals surface area contributed by atoms with E-state index in [4.69, 9.17) is 37.4 Å². The van der Waals surface area contributed by atoms with Crippen LogP contribution in [0, 0.1) is 0 Å². The van der Waals surface area contributed by atoms with Gasteiger partial charge in [-0.15, -0.1) is 0 Å². The van der Waals surface area contributed by atoms with Crippen LogP contribution in [0.3, 0.4) is 0 Å². The lowest BCUT2D eigenvalue weighted by atomic mass is 10.2. The molecule has 0 aliphatic carbocycles. The molecule has 1 heterocycles. The predicted octanol–water partition coefficient (Wildman–Crippen LogP) is 6.90. The van der Waals surface area contributed by atoms with Crippen molar-refractivity contribution in [2.45, 2.75) is 0 Å². The molecule has 3 aromatic carbocycles. The molecule has 1 N–H and O–H groups in total. The van der Waals surface area contributed by atoms with Crippen LogP contribution in [0.25, 0.3) is 6.08 Å². The summed E-state index contributed by atoms with van der Waals surface area (Å²) in [5.41, 5.74) is 1.06. The van der Waals surface area contributed by atoms with E-state index in [1.165, 1.54) is 7.11 Å². The van der Waals surface area contributed by atoms with Gasteiger partial charge in [-0.05, 0) is 87.9 Å². The normalized spacial score (nSPS) is 14.1. The van der Waals surface area contributed by atoms with E-state index in [2.05, 4.69) is 21.2 Å². The number of carbonyl (C=O) groups is 3. The molecule has 0 saturated carbocycles. The number of methoxy groups -OCH3 is 1. The molecule has 1 aliphatic rings. The average molecular weight is 652 g/mol. The first kappa shape index (κ1) is 28.8. The molecule has 8 nitrogen and oxygen atoms in total. The largest absolute Gasteiger partial charge is 0.493 e. The van der Waals surface area contributed by atoms with Crippen LogP contribution in [0.2, 0.25) is 10.0 Å². The first-order chi connectivity index (χ1) is 18.7. The number of nitrogens with one attached hydrogen (secondary N) is 1. The molecule has 0 spiro atoms. The zero-order chi connectivity index (χ0) is 27.9. The Hall–Kier alpha value is -3.18. The molecule has 0 unspecified atom stereocenters. The Morgan fingerprint density at radius 2 is 1.82 bits per heavy atom. The number of rotatable bonds is 10. The van der Waals surface area contributed by atoms with Gasteiger partial charge < -0.3 is 19.5 Å². The van der Waals surface area contributed by atoms with Crippen LogP contribution in [0.4, 0.5) is 10.5 Å². The van der Waals surface area contributed by atoms with E-state index in [1.807, 2.05) is 0 Å². The molecule has 0 aromatic heterocycles. The molecule has 0 atom stereocenters. The molecule has 0 radical (unpaired) electrons. The minimum atomic E-state index is -0.420. The highest BCUT2D eigenvalue weighted by atomic mass is 79.9. The molecule has 0 bridgehead atoms. The standard InChI is InChI=1S/C27H21BrCl2N2O6S/c1-36-22-13-16(12-19(28)25(22)38-15-24(33)31-21-5-3-2-4-20(21)30)14-23-26(34)32(27(35)39-23)10-11-37-18-8-6-17(29)7-9-18/h2-9,12-14H,10-11,15H2,1H3,(H,31,33)/b23-14-. The number of nitrogens with zero attached hydrogens (tertiary/aromatic N) is 1. The molecule has 3 amide bonds. The van der Waals surface area contributed by atoms with Crippen molar-refractivity contribution in [1.29, 1.82) is 0 Å². The Balaban J connectivity index is 1.39. The van der Waals surface area contributed by atoms with E-state index in [1.54, 1.807) is 66.7 Å². The number of carbonyl (C=O) groups excluding carboxylic acids is 3. The number of benzene rings is 3. The van der Waals surface area contributed by atoms with Crippen molar-refractivity contribution in [2.75, 3.05) is 32.2 Å². The van der Waals surface area contributed by atoms with Gasteiger partial charge in [0.1, 0.15) is 12.4 Å². The van der Waals surface area contributed by atoms with Gasteiger partial charge >= 0.3 is 0 Å². The minimum absolute atomic E-state index is 0.0979. The van der Waals surface area contributed by atoms with Crippen molar-refractivity contribution < 1.29 is 28.6 Å². The van der Waals surface area contributed by atoms with Crippen molar-refractivity contribution in [2.24, 2.45) is 0 Å². The lowest BCUT2D eigenvalue weighted by Crippen LogP contribution is -2.32. The molecule has 4 rings (SSSR count). The summed E-state index contributed by atoms with van der Waals surface area (Å²) in [5, 5.41) is 3.29. The molecular formula is C27H21BrCl2N2O6S. The number of anilines is 1. The van der Waals surface area contributed by atoms with Gasteiger partial charge in [0.05, 0.1) is 33.7 Å². The van der Waals surface area contributed by atoms with E-state index < -0.39 is 11.8 Å². The number of amides is 3. The molecule has 1 saturated heterocycles. The fraction of sp³-hybridized carbons (Fsp3) is 0.148. The smallest absolute Gasteiger partial charge is 0.293 e. The van der Waals surface area contributed by atoms with Crippen LogP contribution < -0.4 is 19.5 Å². The number of ether oxygens (including phenoxy) is 3. The van der Waals surface area contributed by atoms with Gasteiger partial charge in [-0.2, -0.15) is 0 Å². The summed E-state index contributed by atoms with van der Waals surface area (Å²) in [5.74, 6) is 0.391. The van der Waals surface area contributed by atoms with Crippen LogP contribution in [-0.2, 0) is 9.59 Å². The fourth-order valence-electron chi connectivity index (χ4n) is 3.48. The molecule has 39 heavy (non-hydrogen) atoms. The lowest BCUT2D eigenvalue weighted by molar-refractivity contribution is -0.123. The summed E-state index contributed by atoms with van der Waals surface area (Å²) in [7, 11) is 1.46. The molecule has 202 valence electrons. The third-order valence-corrected chi connectivity index (χ3v) is 7.39. The highest BCUT2D eigenvalue weighted by Gasteiger charge is 2.35. The third-order valence-electron chi connectivity index (χ3n) is 5.32. The van der Waals surface area contributed by atoms with Gasteiger partial charge in [-0.3, -0.25) is 19.3 Å². The van der Waals surface area contributed by atoms with Gasteiger partial charge in [-0.1, -0.05) is 35.3 Å². The van der Waals surface area contributed by atoms with Crippen molar-refractivity contribution >= 4 is 79.7 Å². The van der Waals surface area contributed by atoms with Crippen LogP contribution in [0.1, 0.15) is 5.56 Å². The SMILES string of the molecule is COc1cc(/C=C2\SC(=O)N(CCOc3ccc(Cl)cc3)C2=O)cc(Br)c1OCC(=O)Nc1ccccc1Cl. The molecule has 12 heteroatoms. The van der Waals surface area contributed by atoms with Crippen molar-refractivity contribution in [3.8, 4) is 17.2 Å².